The summed E-state index contributed by atoms with van der Waals surface area (Å²) in [5.41, 5.74) is 6.35. The summed E-state index contributed by atoms with van der Waals surface area (Å²) in [6, 6.07) is 7.51. The molecule has 1 aromatic carbocycles. The fourth-order valence-electron chi connectivity index (χ4n) is 1.73. The van der Waals surface area contributed by atoms with Gasteiger partial charge in [-0.15, -0.1) is 0 Å². The van der Waals surface area contributed by atoms with Crippen LogP contribution in [-0.2, 0) is 11.2 Å². The zero-order chi connectivity index (χ0) is 13.7. The van der Waals surface area contributed by atoms with Crippen molar-refractivity contribution in [1.29, 1.82) is 0 Å². The Hall–Kier alpha value is -1.92. The van der Waals surface area contributed by atoms with Crippen LogP contribution in [-0.4, -0.2) is 37.0 Å². The second-order valence-electron chi connectivity index (χ2n) is 4.01. The first kappa shape index (κ1) is 13.5. The SMILES string of the molecule is COc1ccccc1-c1noc(CC(CN)OC)n1. The molecule has 0 aliphatic heterocycles. The summed E-state index contributed by atoms with van der Waals surface area (Å²) in [6.07, 6.45) is 0.376. The van der Waals surface area contributed by atoms with Gasteiger partial charge in [-0.05, 0) is 12.1 Å². The number of ether oxygens (including phenoxy) is 2. The minimum absolute atomic E-state index is 0.119. The van der Waals surface area contributed by atoms with Gasteiger partial charge in [0.05, 0.1) is 25.2 Å². The zero-order valence-electron chi connectivity index (χ0n) is 11.0. The van der Waals surface area contributed by atoms with E-state index < -0.39 is 0 Å². The molecule has 19 heavy (non-hydrogen) atoms. The number of hydrogen-bond donors (Lipinski definition) is 1. The average molecular weight is 263 g/mol. The first-order chi connectivity index (χ1) is 9.28. The molecule has 6 heteroatoms. The Bertz CT molecular complexity index is 523. The highest BCUT2D eigenvalue weighted by Gasteiger charge is 2.15. The van der Waals surface area contributed by atoms with E-state index in [0.717, 1.165) is 5.56 Å². The van der Waals surface area contributed by atoms with E-state index in [4.69, 9.17) is 19.7 Å². The minimum atomic E-state index is -0.119. The van der Waals surface area contributed by atoms with Crippen LogP contribution in [0.25, 0.3) is 11.4 Å². The highest BCUT2D eigenvalue weighted by atomic mass is 16.5. The predicted octanol–water partition coefficient (Wildman–Crippen LogP) is 1.26. The van der Waals surface area contributed by atoms with Gasteiger partial charge in [0.1, 0.15) is 5.75 Å². The van der Waals surface area contributed by atoms with Crippen LogP contribution in [0.15, 0.2) is 28.8 Å². The van der Waals surface area contributed by atoms with Crippen LogP contribution >= 0.6 is 0 Å². The third-order valence-corrected chi connectivity index (χ3v) is 2.81. The van der Waals surface area contributed by atoms with Crippen molar-refractivity contribution in [3.8, 4) is 17.1 Å². The quantitative estimate of drug-likeness (QED) is 0.844. The van der Waals surface area contributed by atoms with Gasteiger partial charge in [-0.2, -0.15) is 4.98 Å². The number of nitrogens with two attached hydrogens (primary N) is 1. The monoisotopic (exact) mass is 263 g/mol. The third-order valence-electron chi connectivity index (χ3n) is 2.81. The number of aromatic nitrogens is 2. The van der Waals surface area contributed by atoms with Crippen molar-refractivity contribution in [1.82, 2.24) is 10.1 Å². The lowest BCUT2D eigenvalue weighted by molar-refractivity contribution is 0.102. The Morgan fingerprint density at radius 2 is 2.11 bits per heavy atom. The number of para-hydroxylation sites is 1. The largest absolute Gasteiger partial charge is 0.496 e. The van der Waals surface area contributed by atoms with Crippen molar-refractivity contribution >= 4 is 0 Å². The first-order valence-electron chi connectivity index (χ1n) is 5.97. The number of hydrogen-bond acceptors (Lipinski definition) is 6. The summed E-state index contributed by atoms with van der Waals surface area (Å²) >= 11 is 0. The molecular weight excluding hydrogens is 246 g/mol. The smallest absolute Gasteiger partial charge is 0.229 e. The number of rotatable bonds is 6. The van der Waals surface area contributed by atoms with Gasteiger partial charge in [-0.25, -0.2) is 0 Å². The molecular formula is C13H17N3O3. The maximum Gasteiger partial charge on any atom is 0.229 e. The molecule has 2 aromatic rings. The summed E-state index contributed by atoms with van der Waals surface area (Å²) < 4.78 is 15.7. The van der Waals surface area contributed by atoms with Gasteiger partial charge in [-0.3, -0.25) is 0 Å². The van der Waals surface area contributed by atoms with Crippen LogP contribution in [0.5, 0.6) is 5.75 Å². The molecule has 0 bridgehead atoms. The molecule has 2 N–H and O–H groups in total. The molecule has 0 fully saturated rings. The maximum absolute atomic E-state index is 5.56. The Kier molecular flexibility index (Phi) is 4.48. The molecule has 0 aliphatic rings. The molecule has 1 unspecified atom stereocenters. The summed E-state index contributed by atoms with van der Waals surface area (Å²) in [6.45, 7) is 0.406. The van der Waals surface area contributed by atoms with Gasteiger partial charge >= 0.3 is 0 Å². The van der Waals surface area contributed by atoms with Crippen molar-refractivity contribution in [2.45, 2.75) is 12.5 Å². The number of benzene rings is 1. The molecule has 0 saturated heterocycles. The summed E-state index contributed by atoms with van der Waals surface area (Å²) in [5.74, 6) is 1.70. The fourth-order valence-corrected chi connectivity index (χ4v) is 1.73. The molecule has 1 aromatic heterocycles. The normalized spacial score (nSPS) is 12.4. The second kappa shape index (κ2) is 6.31. The van der Waals surface area contributed by atoms with Crippen LogP contribution < -0.4 is 10.5 Å². The van der Waals surface area contributed by atoms with E-state index in [0.29, 0.717) is 30.4 Å². The van der Waals surface area contributed by atoms with Crippen LogP contribution in [0.4, 0.5) is 0 Å². The summed E-state index contributed by atoms with van der Waals surface area (Å²) in [7, 11) is 3.21. The van der Waals surface area contributed by atoms with Crippen LogP contribution in [0, 0.1) is 0 Å². The third kappa shape index (κ3) is 3.10. The van der Waals surface area contributed by atoms with Gasteiger partial charge in [0.2, 0.25) is 11.7 Å². The molecule has 0 spiro atoms. The van der Waals surface area contributed by atoms with Crippen LogP contribution in [0.1, 0.15) is 5.89 Å². The lowest BCUT2D eigenvalue weighted by Gasteiger charge is -2.08. The molecule has 1 atom stereocenters. The van der Waals surface area contributed by atoms with E-state index in [1.807, 2.05) is 24.3 Å². The Morgan fingerprint density at radius 1 is 1.32 bits per heavy atom. The van der Waals surface area contributed by atoms with Crippen molar-refractivity contribution < 1.29 is 14.0 Å². The molecule has 1 heterocycles. The van der Waals surface area contributed by atoms with Crippen LogP contribution in [0.3, 0.4) is 0 Å². The van der Waals surface area contributed by atoms with E-state index in [1.54, 1.807) is 14.2 Å². The van der Waals surface area contributed by atoms with E-state index in [1.165, 1.54) is 0 Å². The first-order valence-corrected chi connectivity index (χ1v) is 5.97. The highest BCUT2D eigenvalue weighted by molar-refractivity contribution is 5.63. The van der Waals surface area contributed by atoms with Gasteiger partial charge in [0.25, 0.3) is 0 Å². The van der Waals surface area contributed by atoms with Gasteiger partial charge in [-0.1, -0.05) is 17.3 Å². The van der Waals surface area contributed by atoms with Crippen molar-refractivity contribution in [3.05, 3.63) is 30.2 Å². The van der Waals surface area contributed by atoms with Crippen LogP contribution in [0.2, 0.25) is 0 Å². The Morgan fingerprint density at radius 3 is 2.79 bits per heavy atom. The lowest BCUT2D eigenvalue weighted by atomic mass is 10.2. The van der Waals surface area contributed by atoms with Gasteiger partial charge < -0.3 is 19.7 Å². The molecule has 0 aliphatic carbocycles. The highest BCUT2D eigenvalue weighted by Crippen LogP contribution is 2.27. The molecule has 0 saturated carbocycles. The van der Waals surface area contributed by atoms with Crippen molar-refractivity contribution in [3.63, 3.8) is 0 Å². The molecule has 102 valence electrons. The molecule has 6 nitrogen and oxygen atoms in total. The molecule has 0 amide bonds. The second-order valence-corrected chi connectivity index (χ2v) is 4.01. The molecule has 2 rings (SSSR count). The Balaban J connectivity index is 2.21. The van der Waals surface area contributed by atoms with Crippen molar-refractivity contribution in [2.75, 3.05) is 20.8 Å². The Labute approximate surface area is 111 Å². The van der Waals surface area contributed by atoms with Crippen molar-refractivity contribution in [2.24, 2.45) is 5.73 Å². The standard InChI is InChI=1S/C13H17N3O3/c1-17-9(8-14)7-12-15-13(16-19-12)10-5-3-4-6-11(10)18-2/h3-6,9H,7-8,14H2,1-2H3. The topological polar surface area (TPSA) is 83.4 Å². The molecule has 0 radical (unpaired) electrons. The van der Waals surface area contributed by atoms with Gasteiger partial charge in [0.15, 0.2) is 0 Å². The summed E-state index contributed by atoms with van der Waals surface area (Å²) in [4.78, 5) is 4.33. The predicted molar refractivity (Wildman–Crippen MR) is 69.8 cm³/mol. The van der Waals surface area contributed by atoms with E-state index >= 15 is 0 Å². The van der Waals surface area contributed by atoms with Gasteiger partial charge in [0, 0.05) is 13.7 Å². The minimum Gasteiger partial charge on any atom is -0.496 e. The zero-order valence-corrected chi connectivity index (χ0v) is 11.0. The average Bonchev–Trinajstić information content (AvgIpc) is 2.93. The lowest BCUT2D eigenvalue weighted by Crippen LogP contribution is -2.24. The summed E-state index contributed by atoms with van der Waals surface area (Å²) in [5, 5.41) is 3.95. The van der Waals surface area contributed by atoms with E-state index in [-0.39, 0.29) is 6.10 Å². The van der Waals surface area contributed by atoms with E-state index in [9.17, 15) is 0 Å². The number of nitrogens with zero attached hydrogens (tertiary/aromatic N) is 2. The fraction of sp³-hybridized carbons (Fsp3) is 0.385. The maximum atomic E-state index is 5.56. The number of methoxy groups -OCH3 is 2. The van der Waals surface area contributed by atoms with E-state index in [2.05, 4.69) is 10.1 Å².